The number of aliphatic hydroxyl groups is 1. The smallest absolute Gasteiger partial charge is 0.260 e. The van der Waals surface area contributed by atoms with Gasteiger partial charge in [0.2, 0.25) is 0 Å². The number of fused-ring (bicyclic) bond motifs is 4. The van der Waals surface area contributed by atoms with Crippen LogP contribution in [0.1, 0.15) is 95.5 Å². The summed E-state index contributed by atoms with van der Waals surface area (Å²) in [4.78, 5) is 38.3. The Kier molecular flexibility index (Phi) is 10.8. The van der Waals surface area contributed by atoms with E-state index in [0.29, 0.717) is 70.9 Å². The molecule has 12 nitrogen and oxygen atoms in total. The third-order valence-electron chi connectivity index (χ3n) is 13.2. The molecule has 1 saturated carbocycles. The summed E-state index contributed by atoms with van der Waals surface area (Å²) < 4.78 is 23.7. The number of nitrogens with one attached hydrogen (secondary N) is 1. The summed E-state index contributed by atoms with van der Waals surface area (Å²) in [6, 6.07) is 16.3. The highest BCUT2D eigenvalue weighted by atomic mass is 16.5. The number of ether oxygens (including phenoxy) is 4. The van der Waals surface area contributed by atoms with Gasteiger partial charge in [-0.05, 0) is 111 Å². The molecule has 0 unspecified atom stereocenters. The van der Waals surface area contributed by atoms with Crippen molar-refractivity contribution in [2.75, 3.05) is 72.1 Å². The van der Waals surface area contributed by atoms with E-state index >= 15 is 0 Å². The fourth-order valence-electron chi connectivity index (χ4n) is 9.55. The number of aliphatic hydroxyl groups excluding tert-OH is 1. The summed E-state index contributed by atoms with van der Waals surface area (Å²) in [6.45, 7) is 5.45. The summed E-state index contributed by atoms with van der Waals surface area (Å²) >= 11 is 0. The number of unbranched alkanes of at least 4 members (excludes halogenated alkanes) is 2. The summed E-state index contributed by atoms with van der Waals surface area (Å²) in [5.74, 6) is 2.77. The molecular weight excluding hydrogens is 735 g/mol. The Morgan fingerprint density at radius 2 is 1.57 bits per heavy atom. The lowest BCUT2D eigenvalue weighted by Crippen LogP contribution is -2.35. The molecule has 6 aliphatic rings. The Morgan fingerprint density at radius 3 is 2.26 bits per heavy atom. The minimum absolute atomic E-state index is 0.0107. The van der Waals surface area contributed by atoms with Crippen LogP contribution in [0.5, 0.6) is 23.0 Å². The molecule has 0 bridgehead atoms. The van der Waals surface area contributed by atoms with Gasteiger partial charge in [-0.2, -0.15) is 0 Å². The average molecular weight is 790 g/mol. The van der Waals surface area contributed by atoms with E-state index in [-0.39, 0.29) is 30.5 Å². The predicted octanol–water partition coefficient (Wildman–Crippen LogP) is 6.90. The second kappa shape index (κ2) is 16.3. The van der Waals surface area contributed by atoms with Gasteiger partial charge in [0.25, 0.3) is 11.8 Å². The number of amides is 2. The normalized spacial score (nSPS) is 22.0. The van der Waals surface area contributed by atoms with Crippen molar-refractivity contribution >= 4 is 35.0 Å². The van der Waals surface area contributed by atoms with Crippen LogP contribution in [-0.4, -0.2) is 117 Å². The summed E-state index contributed by atoms with van der Waals surface area (Å²) in [6.07, 6.45) is 12.8. The van der Waals surface area contributed by atoms with Crippen molar-refractivity contribution in [2.24, 2.45) is 10.4 Å². The molecule has 2 atom stereocenters. The molecule has 3 aromatic carbocycles. The van der Waals surface area contributed by atoms with Crippen LogP contribution in [-0.2, 0) is 0 Å². The average Bonchev–Trinajstić information content (AvgIpc) is 3.78. The first-order valence-corrected chi connectivity index (χ1v) is 21.1. The van der Waals surface area contributed by atoms with Gasteiger partial charge >= 0.3 is 0 Å². The van der Waals surface area contributed by atoms with Crippen molar-refractivity contribution in [3.05, 3.63) is 77.0 Å². The van der Waals surface area contributed by atoms with Crippen molar-refractivity contribution < 1.29 is 33.6 Å². The van der Waals surface area contributed by atoms with Gasteiger partial charge in [0.05, 0.1) is 68.6 Å². The van der Waals surface area contributed by atoms with Crippen LogP contribution >= 0.6 is 0 Å². The number of methoxy groups -OCH3 is 2. The number of rotatable bonds is 14. The maximum absolute atomic E-state index is 14.0. The number of carbonyl (C=O) groups is 2. The first-order valence-electron chi connectivity index (χ1n) is 21.1. The molecule has 306 valence electrons. The third-order valence-corrected chi connectivity index (χ3v) is 13.2. The Morgan fingerprint density at radius 1 is 0.862 bits per heavy atom. The summed E-state index contributed by atoms with van der Waals surface area (Å²) in [5.41, 5.74) is 6.51. The topological polar surface area (TPSA) is 125 Å². The van der Waals surface area contributed by atoms with E-state index in [1.807, 2.05) is 34.3 Å². The SMILES string of the molecule is COc1cc2c(cc1OCCCCCOc1cc3c(cc1OC)C(=O)N1C=C(c4ccc(C5CCN(CCO)CC5)cc4)C[C@H]1CN3)N=C[C@@H]1CC3(CC3)CN1C2=O. The van der Waals surface area contributed by atoms with Crippen LogP contribution in [0.3, 0.4) is 0 Å². The van der Waals surface area contributed by atoms with Crippen LogP contribution in [0.25, 0.3) is 5.57 Å². The predicted molar refractivity (Wildman–Crippen MR) is 223 cm³/mol. The van der Waals surface area contributed by atoms with Gasteiger partial charge < -0.3 is 44.1 Å². The molecule has 2 amide bonds. The van der Waals surface area contributed by atoms with Crippen molar-refractivity contribution in [1.29, 1.82) is 0 Å². The monoisotopic (exact) mass is 789 g/mol. The second-order valence-corrected chi connectivity index (χ2v) is 16.9. The van der Waals surface area contributed by atoms with E-state index in [4.69, 9.17) is 23.9 Å². The van der Waals surface area contributed by atoms with Gasteiger partial charge in [0, 0.05) is 44.2 Å². The minimum Gasteiger partial charge on any atom is -0.493 e. The Labute approximate surface area is 340 Å². The molecule has 5 aliphatic heterocycles. The van der Waals surface area contributed by atoms with Gasteiger partial charge in [-0.15, -0.1) is 0 Å². The zero-order chi connectivity index (χ0) is 39.8. The van der Waals surface area contributed by atoms with E-state index in [2.05, 4.69) is 34.5 Å². The van der Waals surface area contributed by atoms with Gasteiger partial charge in [-0.3, -0.25) is 14.6 Å². The molecule has 58 heavy (non-hydrogen) atoms. The summed E-state index contributed by atoms with van der Waals surface area (Å²) in [5, 5.41) is 12.8. The standard InChI is InChI=1S/C46H55N5O7/c1-55-40-21-36-38(47-26-34-20-33(28-50(34)44(36)53)31-8-6-30(7-9-31)32-10-14-49(15-11-32)16-17-52)23-42(40)57-18-4-3-5-19-58-43-24-39-37(22-41(43)56-2)45(54)51-29-46(12-13-46)25-35(51)27-48-39/h6-9,21-24,27-28,32,34-35,47,52H,3-5,10-20,25-26,29H2,1-2H3/t34-,35-/m0/s1. The molecule has 9 rings (SSSR count). The van der Waals surface area contributed by atoms with Gasteiger partial charge in [0.15, 0.2) is 23.0 Å². The quantitative estimate of drug-likeness (QED) is 0.168. The van der Waals surface area contributed by atoms with Gasteiger partial charge in [-0.1, -0.05) is 24.3 Å². The lowest BCUT2D eigenvalue weighted by atomic mass is 9.88. The number of likely N-dealkylation sites (tertiary alicyclic amines) is 1. The second-order valence-electron chi connectivity index (χ2n) is 16.9. The fraction of sp³-hybridized carbons (Fsp3) is 0.500. The molecule has 2 N–H and O–H groups in total. The molecular formula is C46H55N5O7. The highest BCUT2D eigenvalue weighted by molar-refractivity contribution is 6.04. The van der Waals surface area contributed by atoms with Crippen LogP contribution in [0.4, 0.5) is 11.4 Å². The van der Waals surface area contributed by atoms with Gasteiger partial charge in [0.1, 0.15) is 0 Å². The van der Waals surface area contributed by atoms with Crippen LogP contribution in [0.15, 0.2) is 59.7 Å². The lowest BCUT2D eigenvalue weighted by Gasteiger charge is -2.31. The minimum atomic E-state index is -0.0487. The Bertz CT molecular complexity index is 2090. The maximum atomic E-state index is 14.0. The number of carbonyl (C=O) groups excluding carboxylic acids is 2. The number of hydrogen-bond donors (Lipinski definition) is 2. The molecule has 0 aromatic heterocycles. The maximum Gasteiger partial charge on any atom is 0.260 e. The van der Waals surface area contributed by atoms with Crippen LogP contribution in [0.2, 0.25) is 0 Å². The largest absolute Gasteiger partial charge is 0.493 e. The first-order chi connectivity index (χ1) is 28.3. The Balaban J connectivity index is 0.767. The number of benzene rings is 3. The molecule has 3 aromatic rings. The molecule has 5 heterocycles. The van der Waals surface area contributed by atoms with Crippen molar-refractivity contribution in [2.45, 2.75) is 75.8 Å². The van der Waals surface area contributed by atoms with E-state index in [0.717, 1.165) is 82.4 Å². The highest BCUT2D eigenvalue weighted by Crippen LogP contribution is 2.55. The first kappa shape index (κ1) is 38.4. The van der Waals surface area contributed by atoms with E-state index in [9.17, 15) is 14.7 Å². The van der Waals surface area contributed by atoms with E-state index < -0.39 is 0 Å². The van der Waals surface area contributed by atoms with Crippen molar-refractivity contribution in [1.82, 2.24) is 14.7 Å². The molecule has 1 aliphatic carbocycles. The number of anilines is 1. The zero-order valence-corrected chi connectivity index (χ0v) is 33.7. The molecule has 2 saturated heterocycles. The molecule has 12 heteroatoms. The van der Waals surface area contributed by atoms with Crippen molar-refractivity contribution in [3.8, 4) is 23.0 Å². The number of aliphatic imine (C=N–C) groups is 1. The molecule has 1 spiro atoms. The number of hydrogen-bond acceptors (Lipinski definition) is 10. The van der Waals surface area contributed by atoms with Crippen molar-refractivity contribution in [3.63, 3.8) is 0 Å². The number of nitrogens with zero attached hydrogens (tertiary/aromatic N) is 4. The lowest BCUT2D eigenvalue weighted by molar-refractivity contribution is 0.0765. The molecule has 3 fully saturated rings. The Hall–Kier alpha value is -5.07. The number of β-amino-alcohol motifs (C(OH)–C–C–N with tert-alkyl or cyclic N) is 1. The van der Waals surface area contributed by atoms with E-state index in [1.54, 1.807) is 26.4 Å². The highest BCUT2D eigenvalue weighted by Gasteiger charge is 2.53. The fourth-order valence-corrected chi connectivity index (χ4v) is 9.55. The van der Waals surface area contributed by atoms with Crippen LogP contribution < -0.4 is 24.3 Å². The third kappa shape index (κ3) is 7.64. The van der Waals surface area contributed by atoms with Gasteiger partial charge in [-0.25, -0.2) is 0 Å². The summed E-state index contributed by atoms with van der Waals surface area (Å²) in [7, 11) is 3.20. The van der Waals surface area contributed by atoms with E-state index in [1.165, 1.54) is 24.0 Å². The molecule has 0 radical (unpaired) electrons. The number of piperidine rings is 1. The van der Waals surface area contributed by atoms with Crippen LogP contribution in [0, 0.1) is 5.41 Å². The zero-order valence-electron chi connectivity index (χ0n) is 33.7.